The minimum Gasteiger partial charge on any atom is -0.308 e. The third-order valence-corrected chi connectivity index (χ3v) is 3.77. The number of benzene rings is 1. The summed E-state index contributed by atoms with van der Waals surface area (Å²) < 4.78 is 16.8. The first-order valence-corrected chi connectivity index (χ1v) is 7.02. The molecule has 0 radical (unpaired) electrons. The average Bonchev–Trinajstić information content (AvgIpc) is 2.76. The van der Waals surface area contributed by atoms with Gasteiger partial charge in [0.1, 0.15) is 5.82 Å². The maximum Gasteiger partial charge on any atom is 0.128 e. The fourth-order valence-electron chi connectivity index (χ4n) is 2.23. The molecule has 0 bridgehead atoms. The van der Waals surface area contributed by atoms with E-state index in [4.69, 9.17) is 0 Å². The van der Waals surface area contributed by atoms with E-state index in [-0.39, 0.29) is 11.9 Å². The van der Waals surface area contributed by atoms with Crippen LogP contribution in [0.4, 0.5) is 4.39 Å². The van der Waals surface area contributed by atoms with Gasteiger partial charge in [0.05, 0.1) is 22.4 Å². The highest BCUT2D eigenvalue weighted by atomic mass is 79.9. The second-order valence-corrected chi connectivity index (χ2v) is 5.29. The van der Waals surface area contributed by atoms with Crippen LogP contribution in [-0.2, 0) is 6.54 Å². The van der Waals surface area contributed by atoms with Crippen molar-refractivity contribution in [1.82, 2.24) is 15.1 Å². The standard InChI is InChI=1S/C14H17BrFN3/c1-4-19-14(11(15)8-18-19)13(17-3)10-7-9(2)5-6-12(10)16/h5-8,13,17H,4H2,1-3H3. The van der Waals surface area contributed by atoms with E-state index in [0.717, 1.165) is 22.3 Å². The summed E-state index contributed by atoms with van der Waals surface area (Å²) in [4.78, 5) is 0. The summed E-state index contributed by atoms with van der Waals surface area (Å²) in [5.74, 6) is -0.208. The molecule has 0 fully saturated rings. The highest BCUT2D eigenvalue weighted by molar-refractivity contribution is 9.10. The van der Waals surface area contributed by atoms with E-state index >= 15 is 0 Å². The van der Waals surface area contributed by atoms with Crippen molar-refractivity contribution < 1.29 is 4.39 Å². The van der Waals surface area contributed by atoms with Gasteiger partial charge in [0.15, 0.2) is 0 Å². The van der Waals surface area contributed by atoms with Gasteiger partial charge in [0.25, 0.3) is 0 Å². The van der Waals surface area contributed by atoms with Crippen molar-refractivity contribution in [3.8, 4) is 0 Å². The lowest BCUT2D eigenvalue weighted by molar-refractivity contribution is 0.531. The van der Waals surface area contributed by atoms with Crippen LogP contribution >= 0.6 is 15.9 Å². The molecular weight excluding hydrogens is 309 g/mol. The van der Waals surface area contributed by atoms with Gasteiger partial charge in [-0.1, -0.05) is 17.7 Å². The Labute approximate surface area is 121 Å². The van der Waals surface area contributed by atoms with Crippen molar-refractivity contribution in [3.05, 3.63) is 51.5 Å². The number of nitrogens with one attached hydrogen (secondary N) is 1. The van der Waals surface area contributed by atoms with Crippen molar-refractivity contribution in [2.45, 2.75) is 26.4 Å². The van der Waals surface area contributed by atoms with E-state index in [1.807, 2.05) is 31.6 Å². The van der Waals surface area contributed by atoms with Gasteiger partial charge in [-0.25, -0.2) is 4.39 Å². The summed E-state index contributed by atoms with van der Waals surface area (Å²) in [6.45, 7) is 4.72. The fraction of sp³-hybridized carbons (Fsp3) is 0.357. The predicted molar refractivity (Wildman–Crippen MR) is 77.6 cm³/mol. The molecule has 102 valence electrons. The van der Waals surface area contributed by atoms with Gasteiger partial charge in [0.2, 0.25) is 0 Å². The summed E-state index contributed by atoms with van der Waals surface area (Å²) in [6, 6.07) is 4.93. The van der Waals surface area contributed by atoms with E-state index in [2.05, 4.69) is 26.3 Å². The molecule has 1 N–H and O–H groups in total. The Bertz CT molecular complexity index is 580. The molecule has 0 amide bonds. The Hall–Kier alpha value is -1.20. The van der Waals surface area contributed by atoms with Crippen molar-refractivity contribution in [3.63, 3.8) is 0 Å². The van der Waals surface area contributed by atoms with Crippen LogP contribution in [0, 0.1) is 12.7 Å². The second-order valence-electron chi connectivity index (χ2n) is 4.44. The Morgan fingerprint density at radius 3 is 2.84 bits per heavy atom. The van der Waals surface area contributed by atoms with Crippen LogP contribution in [0.1, 0.15) is 29.8 Å². The molecule has 0 aliphatic carbocycles. The average molecular weight is 326 g/mol. The lowest BCUT2D eigenvalue weighted by Crippen LogP contribution is -2.23. The molecule has 0 saturated heterocycles. The third kappa shape index (κ3) is 2.72. The van der Waals surface area contributed by atoms with E-state index in [1.54, 1.807) is 12.3 Å². The van der Waals surface area contributed by atoms with Gasteiger partial charge in [-0.2, -0.15) is 5.10 Å². The fourth-order valence-corrected chi connectivity index (χ4v) is 2.76. The Morgan fingerprint density at radius 1 is 1.47 bits per heavy atom. The van der Waals surface area contributed by atoms with Crippen molar-refractivity contribution in [2.24, 2.45) is 0 Å². The summed E-state index contributed by atoms with van der Waals surface area (Å²) in [6.07, 6.45) is 1.75. The Kier molecular flexibility index (Phi) is 4.37. The number of hydrogen-bond donors (Lipinski definition) is 1. The number of aryl methyl sites for hydroxylation is 2. The maximum absolute atomic E-state index is 14.1. The van der Waals surface area contributed by atoms with Crippen LogP contribution < -0.4 is 5.32 Å². The van der Waals surface area contributed by atoms with Crippen LogP contribution in [0.25, 0.3) is 0 Å². The quantitative estimate of drug-likeness (QED) is 0.933. The molecule has 5 heteroatoms. The predicted octanol–water partition coefficient (Wildman–Crippen LogP) is 3.42. The lowest BCUT2D eigenvalue weighted by atomic mass is 10.0. The molecule has 1 unspecified atom stereocenters. The highest BCUT2D eigenvalue weighted by Crippen LogP contribution is 2.30. The first kappa shape index (κ1) is 14.2. The minimum atomic E-state index is -0.225. The van der Waals surface area contributed by atoms with E-state index in [9.17, 15) is 4.39 Å². The molecule has 19 heavy (non-hydrogen) atoms. The number of aromatic nitrogens is 2. The molecule has 2 aromatic rings. The number of hydrogen-bond acceptors (Lipinski definition) is 2. The van der Waals surface area contributed by atoms with E-state index < -0.39 is 0 Å². The zero-order valence-corrected chi connectivity index (χ0v) is 12.8. The van der Waals surface area contributed by atoms with Crippen molar-refractivity contribution in [1.29, 1.82) is 0 Å². The lowest BCUT2D eigenvalue weighted by Gasteiger charge is -2.20. The molecule has 2 rings (SSSR count). The minimum absolute atomic E-state index is 0.208. The van der Waals surface area contributed by atoms with Crippen molar-refractivity contribution in [2.75, 3.05) is 7.05 Å². The first-order valence-electron chi connectivity index (χ1n) is 6.23. The van der Waals surface area contributed by atoms with Crippen LogP contribution in [0.15, 0.2) is 28.9 Å². The van der Waals surface area contributed by atoms with Gasteiger partial charge in [0, 0.05) is 12.1 Å². The number of rotatable bonds is 4. The first-order chi connectivity index (χ1) is 9.08. The van der Waals surface area contributed by atoms with Gasteiger partial charge in [-0.15, -0.1) is 0 Å². The molecule has 0 saturated carbocycles. The largest absolute Gasteiger partial charge is 0.308 e. The molecule has 3 nitrogen and oxygen atoms in total. The third-order valence-electron chi connectivity index (χ3n) is 3.16. The summed E-state index contributed by atoms with van der Waals surface area (Å²) in [7, 11) is 1.83. The summed E-state index contributed by atoms with van der Waals surface area (Å²) >= 11 is 3.49. The van der Waals surface area contributed by atoms with Gasteiger partial charge in [-0.05, 0) is 42.9 Å². The SMILES string of the molecule is CCn1ncc(Br)c1C(NC)c1cc(C)ccc1F. The zero-order chi connectivity index (χ0) is 14.0. The second kappa shape index (κ2) is 5.84. The van der Waals surface area contributed by atoms with Gasteiger partial charge < -0.3 is 5.32 Å². The van der Waals surface area contributed by atoms with Crippen LogP contribution in [0.3, 0.4) is 0 Å². The summed E-state index contributed by atoms with van der Waals surface area (Å²) in [5.41, 5.74) is 2.61. The highest BCUT2D eigenvalue weighted by Gasteiger charge is 2.22. The number of nitrogens with zero attached hydrogens (tertiary/aromatic N) is 2. The zero-order valence-electron chi connectivity index (χ0n) is 11.2. The molecule has 1 atom stereocenters. The summed E-state index contributed by atoms with van der Waals surface area (Å²) in [5, 5.41) is 7.46. The molecule has 1 aromatic carbocycles. The smallest absolute Gasteiger partial charge is 0.128 e. The molecule has 1 aromatic heterocycles. The van der Waals surface area contributed by atoms with Gasteiger partial charge in [-0.3, -0.25) is 4.68 Å². The topological polar surface area (TPSA) is 29.9 Å². The van der Waals surface area contributed by atoms with Crippen LogP contribution in [-0.4, -0.2) is 16.8 Å². The van der Waals surface area contributed by atoms with Crippen LogP contribution in [0.2, 0.25) is 0 Å². The Balaban J connectivity index is 2.56. The molecule has 1 heterocycles. The van der Waals surface area contributed by atoms with Gasteiger partial charge >= 0.3 is 0 Å². The molecule has 0 spiro atoms. The maximum atomic E-state index is 14.1. The van der Waals surface area contributed by atoms with Crippen LogP contribution in [0.5, 0.6) is 0 Å². The number of halogens is 2. The Morgan fingerprint density at radius 2 is 2.21 bits per heavy atom. The monoisotopic (exact) mass is 325 g/mol. The van der Waals surface area contributed by atoms with Crippen molar-refractivity contribution >= 4 is 15.9 Å². The van der Waals surface area contributed by atoms with E-state index in [0.29, 0.717) is 5.56 Å². The molecule has 0 aliphatic heterocycles. The normalized spacial score (nSPS) is 12.7. The molecular formula is C14H17BrFN3. The molecule has 0 aliphatic rings. The van der Waals surface area contributed by atoms with E-state index in [1.165, 1.54) is 6.07 Å².